The Labute approximate surface area is 98.5 Å². The number of rotatable bonds is 4. The van der Waals surface area contributed by atoms with Crippen LogP contribution in [-0.2, 0) is 6.42 Å². The summed E-state index contributed by atoms with van der Waals surface area (Å²) in [6.45, 7) is 2.23. The highest BCUT2D eigenvalue weighted by Crippen LogP contribution is 2.34. The molecule has 1 aliphatic carbocycles. The molecule has 1 aromatic rings. The smallest absolute Gasteiger partial charge is 0.0608 e. The van der Waals surface area contributed by atoms with Gasteiger partial charge < -0.3 is 5.11 Å². The molecule has 0 amide bonds. The van der Waals surface area contributed by atoms with Crippen molar-refractivity contribution in [1.29, 1.82) is 0 Å². The molecule has 0 heterocycles. The molecule has 16 heavy (non-hydrogen) atoms. The second kappa shape index (κ2) is 5.49. The average Bonchev–Trinajstić information content (AvgIpc) is 2.74. The Balaban J connectivity index is 2.01. The first kappa shape index (κ1) is 11.7. The van der Waals surface area contributed by atoms with Gasteiger partial charge in [-0.1, -0.05) is 44.0 Å². The van der Waals surface area contributed by atoms with Gasteiger partial charge in [0.25, 0.3) is 0 Å². The highest BCUT2D eigenvalue weighted by Gasteiger charge is 2.26. The van der Waals surface area contributed by atoms with Crippen molar-refractivity contribution >= 4 is 0 Å². The van der Waals surface area contributed by atoms with Gasteiger partial charge in [0, 0.05) is 5.92 Å². The first-order valence-electron chi connectivity index (χ1n) is 6.58. The average molecular weight is 218 g/mol. The van der Waals surface area contributed by atoms with E-state index in [4.69, 9.17) is 0 Å². The number of aliphatic hydroxyl groups excluding tert-OH is 1. The first-order valence-corrected chi connectivity index (χ1v) is 6.58. The summed E-state index contributed by atoms with van der Waals surface area (Å²) in [4.78, 5) is 0. The number of aliphatic hydroxyl groups is 1. The van der Waals surface area contributed by atoms with Crippen LogP contribution in [0.25, 0.3) is 0 Å². The van der Waals surface area contributed by atoms with E-state index in [1.165, 1.54) is 36.8 Å². The van der Waals surface area contributed by atoms with Crippen molar-refractivity contribution in [2.75, 3.05) is 0 Å². The molecular weight excluding hydrogens is 196 g/mol. The van der Waals surface area contributed by atoms with E-state index in [9.17, 15) is 5.11 Å². The van der Waals surface area contributed by atoms with E-state index in [0.29, 0.717) is 5.92 Å². The summed E-state index contributed by atoms with van der Waals surface area (Å²) in [6, 6.07) is 8.89. The molecule has 0 spiro atoms. The zero-order chi connectivity index (χ0) is 11.4. The Morgan fingerprint density at radius 2 is 1.94 bits per heavy atom. The standard InChI is InChI=1S/C15H22O/c1-2-3-5-12-8-10-13(11-9-12)14-6-4-7-15(14)16/h8-11,14-16H,2-7H2,1H3/t14-,15+/m0/s1. The first-order chi connectivity index (χ1) is 7.81. The summed E-state index contributed by atoms with van der Waals surface area (Å²) in [5.74, 6) is 0.389. The quantitative estimate of drug-likeness (QED) is 0.817. The van der Waals surface area contributed by atoms with Crippen LogP contribution >= 0.6 is 0 Å². The Morgan fingerprint density at radius 1 is 1.19 bits per heavy atom. The molecule has 0 aliphatic heterocycles. The fourth-order valence-electron chi connectivity index (χ4n) is 2.64. The van der Waals surface area contributed by atoms with Crippen LogP contribution in [0.4, 0.5) is 0 Å². The Morgan fingerprint density at radius 3 is 2.50 bits per heavy atom. The maximum Gasteiger partial charge on any atom is 0.0608 e. The van der Waals surface area contributed by atoms with Crippen molar-refractivity contribution in [3.8, 4) is 0 Å². The Hall–Kier alpha value is -0.820. The molecule has 0 radical (unpaired) electrons. The van der Waals surface area contributed by atoms with Gasteiger partial charge in [-0.25, -0.2) is 0 Å². The summed E-state index contributed by atoms with van der Waals surface area (Å²) < 4.78 is 0. The summed E-state index contributed by atoms with van der Waals surface area (Å²) in [5, 5.41) is 9.85. The molecule has 0 unspecified atom stereocenters. The van der Waals surface area contributed by atoms with E-state index in [0.717, 1.165) is 12.8 Å². The lowest BCUT2D eigenvalue weighted by Gasteiger charge is -2.15. The molecule has 1 aliphatic rings. The largest absolute Gasteiger partial charge is 0.392 e. The normalized spacial score (nSPS) is 24.9. The molecule has 1 saturated carbocycles. The highest BCUT2D eigenvalue weighted by molar-refractivity contribution is 5.27. The fourth-order valence-corrected chi connectivity index (χ4v) is 2.64. The van der Waals surface area contributed by atoms with Gasteiger partial charge in [0.15, 0.2) is 0 Å². The van der Waals surface area contributed by atoms with E-state index in [2.05, 4.69) is 31.2 Å². The van der Waals surface area contributed by atoms with Gasteiger partial charge in [0.05, 0.1) is 6.10 Å². The van der Waals surface area contributed by atoms with Crippen molar-refractivity contribution in [1.82, 2.24) is 0 Å². The minimum Gasteiger partial charge on any atom is -0.392 e. The molecular formula is C15H22O. The van der Waals surface area contributed by atoms with Crippen LogP contribution in [0.2, 0.25) is 0 Å². The van der Waals surface area contributed by atoms with Gasteiger partial charge in [-0.3, -0.25) is 0 Å². The number of aryl methyl sites for hydroxylation is 1. The van der Waals surface area contributed by atoms with Crippen molar-refractivity contribution in [3.63, 3.8) is 0 Å². The van der Waals surface area contributed by atoms with Gasteiger partial charge in [-0.2, -0.15) is 0 Å². The fraction of sp³-hybridized carbons (Fsp3) is 0.600. The van der Waals surface area contributed by atoms with Gasteiger partial charge >= 0.3 is 0 Å². The third-order valence-electron chi connectivity index (χ3n) is 3.71. The van der Waals surface area contributed by atoms with E-state index >= 15 is 0 Å². The molecule has 1 heteroatoms. The molecule has 0 bridgehead atoms. The molecule has 88 valence electrons. The molecule has 1 N–H and O–H groups in total. The van der Waals surface area contributed by atoms with Gasteiger partial charge in [0.2, 0.25) is 0 Å². The maximum absolute atomic E-state index is 9.85. The van der Waals surface area contributed by atoms with Crippen LogP contribution in [0, 0.1) is 0 Å². The summed E-state index contributed by atoms with van der Waals surface area (Å²) in [7, 11) is 0. The van der Waals surface area contributed by atoms with Crippen molar-refractivity contribution in [2.45, 2.75) is 57.5 Å². The lowest BCUT2D eigenvalue weighted by molar-refractivity contribution is 0.164. The second-order valence-corrected chi connectivity index (χ2v) is 4.95. The molecule has 2 rings (SSSR count). The summed E-state index contributed by atoms with van der Waals surface area (Å²) >= 11 is 0. The van der Waals surface area contributed by atoms with Crippen LogP contribution in [0.5, 0.6) is 0 Å². The van der Waals surface area contributed by atoms with Crippen LogP contribution in [-0.4, -0.2) is 11.2 Å². The van der Waals surface area contributed by atoms with E-state index < -0.39 is 0 Å². The third kappa shape index (κ3) is 2.65. The molecule has 1 nitrogen and oxygen atoms in total. The predicted molar refractivity (Wildman–Crippen MR) is 67.7 cm³/mol. The lowest BCUT2D eigenvalue weighted by atomic mass is 9.94. The number of benzene rings is 1. The van der Waals surface area contributed by atoms with Crippen LogP contribution < -0.4 is 0 Å². The molecule has 1 aromatic carbocycles. The predicted octanol–water partition coefficient (Wildman–Crippen LogP) is 3.66. The number of hydrogen-bond acceptors (Lipinski definition) is 1. The van der Waals surface area contributed by atoms with Crippen molar-refractivity contribution in [2.24, 2.45) is 0 Å². The van der Waals surface area contributed by atoms with Gasteiger partial charge in [0.1, 0.15) is 0 Å². The third-order valence-corrected chi connectivity index (χ3v) is 3.71. The monoisotopic (exact) mass is 218 g/mol. The van der Waals surface area contributed by atoms with Crippen LogP contribution in [0.1, 0.15) is 56.1 Å². The highest BCUT2D eigenvalue weighted by atomic mass is 16.3. The zero-order valence-electron chi connectivity index (χ0n) is 10.2. The molecule has 0 saturated heterocycles. The van der Waals surface area contributed by atoms with E-state index in [-0.39, 0.29) is 6.10 Å². The summed E-state index contributed by atoms with van der Waals surface area (Å²) in [6.07, 6.45) is 6.89. The number of hydrogen-bond donors (Lipinski definition) is 1. The Bertz CT molecular complexity index is 315. The Kier molecular flexibility index (Phi) is 4.00. The second-order valence-electron chi connectivity index (χ2n) is 4.95. The van der Waals surface area contributed by atoms with Crippen LogP contribution in [0.15, 0.2) is 24.3 Å². The zero-order valence-corrected chi connectivity index (χ0v) is 10.2. The van der Waals surface area contributed by atoms with E-state index in [1.54, 1.807) is 0 Å². The van der Waals surface area contributed by atoms with E-state index in [1.807, 2.05) is 0 Å². The van der Waals surface area contributed by atoms with Crippen molar-refractivity contribution in [3.05, 3.63) is 35.4 Å². The number of unbranched alkanes of at least 4 members (excludes halogenated alkanes) is 1. The topological polar surface area (TPSA) is 20.2 Å². The van der Waals surface area contributed by atoms with Gasteiger partial charge in [-0.05, 0) is 36.8 Å². The summed E-state index contributed by atoms with van der Waals surface area (Å²) in [5.41, 5.74) is 2.75. The van der Waals surface area contributed by atoms with Gasteiger partial charge in [-0.15, -0.1) is 0 Å². The molecule has 0 aromatic heterocycles. The SMILES string of the molecule is CCCCc1ccc([C@@H]2CCC[C@H]2O)cc1. The minimum atomic E-state index is -0.110. The van der Waals surface area contributed by atoms with Crippen LogP contribution in [0.3, 0.4) is 0 Å². The lowest BCUT2D eigenvalue weighted by Crippen LogP contribution is -2.10. The van der Waals surface area contributed by atoms with Crippen molar-refractivity contribution < 1.29 is 5.11 Å². The molecule has 1 fully saturated rings. The maximum atomic E-state index is 9.85. The molecule has 2 atom stereocenters. The minimum absolute atomic E-state index is 0.110.